The highest BCUT2D eigenvalue weighted by Gasteiger charge is 2.53. The SMILES string of the molecule is C[C@@]1(O)[C@H](O)[C@@H](CO)S[C@H]1n1c(F)nc2c(=O)[nH]c(N)nc21. The van der Waals surface area contributed by atoms with Gasteiger partial charge in [-0.05, 0) is 6.92 Å². The number of hydrogen-bond donors (Lipinski definition) is 5. The van der Waals surface area contributed by atoms with Crippen molar-refractivity contribution in [1.29, 1.82) is 0 Å². The minimum Gasteiger partial charge on any atom is -0.395 e. The summed E-state index contributed by atoms with van der Waals surface area (Å²) in [5.74, 6) is -0.222. The Hall–Kier alpha value is -1.69. The van der Waals surface area contributed by atoms with Crippen molar-refractivity contribution < 1.29 is 19.7 Å². The van der Waals surface area contributed by atoms with E-state index < -0.39 is 40.6 Å². The quantitative estimate of drug-likeness (QED) is 0.420. The van der Waals surface area contributed by atoms with Crippen LogP contribution in [0, 0.1) is 6.08 Å². The Morgan fingerprint density at radius 3 is 2.82 bits per heavy atom. The monoisotopic (exact) mass is 331 g/mol. The number of rotatable bonds is 2. The Morgan fingerprint density at radius 1 is 1.55 bits per heavy atom. The predicted octanol–water partition coefficient (Wildman–Crippen LogP) is -1.44. The third-order valence-electron chi connectivity index (χ3n) is 3.69. The Morgan fingerprint density at radius 2 is 2.23 bits per heavy atom. The van der Waals surface area contributed by atoms with Crippen molar-refractivity contribution in [3.63, 3.8) is 0 Å². The third kappa shape index (κ3) is 2.00. The summed E-state index contributed by atoms with van der Waals surface area (Å²) in [6.07, 6.45) is -2.33. The second-order valence-corrected chi connectivity index (χ2v) is 6.58. The first-order valence-electron chi connectivity index (χ1n) is 6.37. The standard InChI is InChI=1S/C11H14FN5O4S/c1-11(21)5(19)3(2-18)22-8(11)17-6-4(14-9(17)12)7(20)16-10(13)15-6/h3,5,8,18-19,21H,2H2,1H3,(H3,13,15,16,20)/t3-,5-,8-,11-/m1/s1. The lowest BCUT2D eigenvalue weighted by Crippen LogP contribution is -2.44. The van der Waals surface area contributed by atoms with Crippen LogP contribution >= 0.6 is 11.8 Å². The number of nitrogens with zero attached hydrogens (tertiary/aromatic N) is 3. The number of thioether (sulfide) groups is 1. The van der Waals surface area contributed by atoms with Crippen molar-refractivity contribution in [2.24, 2.45) is 0 Å². The number of aliphatic hydroxyl groups excluding tert-OH is 2. The molecule has 0 amide bonds. The van der Waals surface area contributed by atoms with Gasteiger partial charge >= 0.3 is 0 Å². The molecule has 2 aromatic rings. The van der Waals surface area contributed by atoms with Gasteiger partial charge in [0, 0.05) is 0 Å². The number of halogens is 1. The van der Waals surface area contributed by atoms with E-state index in [0.717, 1.165) is 16.3 Å². The molecule has 9 nitrogen and oxygen atoms in total. The molecule has 11 heteroatoms. The van der Waals surface area contributed by atoms with E-state index in [2.05, 4.69) is 15.0 Å². The normalized spacial score (nSPS) is 32.0. The molecule has 3 heterocycles. The first-order valence-corrected chi connectivity index (χ1v) is 7.31. The predicted molar refractivity (Wildman–Crippen MR) is 76.7 cm³/mol. The lowest BCUT2D eigenvalue weighted by molar-refractivity contribution is -0.0686. The molecule has 2 aromatic heterocycles. The van der Waals surface area contributed by atoms with Crippen LogP contribution in [0.4, 0.5) is 10.3 Å². The zero-order chi connectivity index (χ0) is 16.2. The van der Waals surface area contributed by atoms with Crippen LogP contribution in [0.2, 0.25) is 0 Å². The van der Waals surface area contributed by atoms with Crippen LogP contribution in [-0.4, -0.2) is 58.4 Å². The number of hydrogen-bond acceptors (Lipinski definition) is 8. The highest BCUT2D eigenvalue weighted by molar-refractivity contribution is 8.00. The van der Waals surface area contributed by atoms with Gasteiger partial charge in [0.1, 0.15) is 11.0 Å². The van der Waals surface area contributed by atoms with Crippen LogP contribution < -0.4 is 11.3 Å². The van der Waals surface area contributed by atoms with Crippen LogP contribution in [0.15, 0.2) is 4.79 Å². The van der Waals surface area contributed by atoms with Crippen molar-refractivity contribution >= 4 is 28.9 Å². The summed E-state index contributed by atoms with van der Waals surface area (Å²) >= 11 is 0.964. The molecule has 120 valence electrons. The lowest BCUT2D eigenvalue weighted by atomic mass is 9.96. The second kappa shape index (κ2) is 4.91. The molecule has 6 N–H and O–H groups in total. The smallest absolute Gasteiger partial charge is 0.292 e. The molecule has 1 saturated heterocycles. The van der Waals surface area contributed by atoms with E-state index in [1.807, 2.05) is 0 Å². The van der Waals surface area contributed by atoms with Crippen molar-refractivity contribution in [2.45, 2.75) is 29.3 Å². The van der Waals surface area contributed by atoms with Crippen molar-refractivity contribution in [2.75, 3.05) is 12.3 Å². The molecular formula is C11H14FN5O4S. The molecule has 0 bridgehead atoms. The molecule has 3 rings (SSSR count). The third-order valence-corrected chi connectivity index (χ3v) is 5.40. The van der Waals surface area contributed by atoms with Gasteiger partial charge in [0.25, 0.3) is 11.6 Å². The van der Waals surface area contributed by atoms with Gasteiger partial charge in [-0.2, -0.15) is 14.4 Å². The van der Waals surface area contributed by atoms with E-state index in [9.17, 15) is 24.5 Å². The summed E-state index contributed by atoms with van der Waals surface area (Å²) < 4.78 is 15.1. The van der Waals surface area contributed by atoms with Gasteiger partial charge in [0.2, 0.25) is 5.95 Å². The Labute approximate surface area is 127 Å². The first kappa shape index (κ1) is 15.2. The molecule has 0 aliphatic carbocycles. The van der Waals surface area contributed by atoms with E-state index in [1.54, 1.807) is 0 Å². The topological polar surface area (TPSA) is 150 Å². The fourth-order valence-electron chi connectivity index (χ4n) is 2.55. The molecule has 1 aliphatic heterocycles. The van der Waals surface area contributed by atoms with Crippen molar-refractivity contribution in [1.82, 2.24) is 19.5 Å². The molecule has 0 radical (unpaired) electrons. The van der Waals surface area contributed by atoms with Crippen LogP contribution in [0.3, 0.4) is 0 Å². The van der Waals surface area contributed by atoms with Gasteiger partial charge in [-0.15, -0.1) is 11.8 Å². The molecular weight excluding hydrogens is 317 g/mol. The maximum absolute atomic E-state index is 14.2. The van der Waals surface area contributed by atoms with Crippen molar-refractivity contribution in [3.8, 4) is 0 Å². The summed E-state index contributed by atoms with van der Waals surface area (Å²) in [5, 5.41) is 28.0. The molecule has 22 heavy (non-hydrogen) atoms. The Bertz CT molecular complexity index is 791. The van der Waals surface area contributed by atoms with Gasteiger partial charge in [0.15, 0.2) is 11.2 Å². The number of nitrogens with two attached hydrogens (primary N) is 1. The number of fused-ring (bicyclic) bond motifs is 1. The van der Waals surface area contributed by atoms with E-state index in [0.29, 0.717) is 0 Å². The van der Waals surface area contributed by atoms with Crippen LogP contribution in [0.1, 0.15) is 12.3 Å². The van der Waals surface area contributed by atoms with E-state index in [-0.39, 0.29) is 17.1 Å². The fraction of sp³-hybridized carbons (Fsp3) is 0.545. The average molecular weight is 331 g/mol. The molecule has 0 saturated carbocycles. The Balaban J connectivity index is 2.22. The number of aliphatic hydroxyl groups is 3. The molecule has 1 fully saturated rings. The van der Waals surface area contributed by atoms with Crippen LogP contribution in [0.5, 0.6) is 0 Å². The zero-order valence-corrected chi connectivity index (χ0v) is 12.2. The summed E-state index contributed by atoms with van der Waals surface area (Å²) in [7, 11) is 0. The molecule has 1 aliphatic rings. The lowest BCUT2D eigenvalue weighted by Gasteiger charge is -2.28. The van der Waals surface area contributed by atoms with Gasteiger partial charge < -0.3 is 21.1 Å². The number of aromatic nitrogens is 4. The second-order valence-electron chi connectivity index (χ2n) is 5.25. The van der Waals surface area contributed by atoms with E-state index in [1.165, 1.54) is 6.92 Å². The summed E-state index contributed by atoms with van der Waals surface area (Å²) in [5.41, 5.74) is 2.60. The minimum atomic E-state index is -1.76. The summed E-state index contributed by atoms with van der Waals surface area (Å²) in [6, 6.07) is 0. The number of nitrogens with one attached hydrogen (secondary N) is 1. The van der Waals surface area contributed by atoms with E-state index in [4.69, 9.17) is 5.73 Å². The maximum Gasteiger partial charge on any atom is 0.292 e. The van der Waals surface area contributed by atoms with Crippen LogP contribution in [0.25, 0.3) is 11.2 Å². The summed E-state index contributed by atoms with van der Waals surface area (Å²) in [4.78, 5) is 21.3. The van der Waals surface area contributed by atoms with Gasteiger partial charge in [0.05, 0.1) is 18.0 Å². The number of nitrogen functional groups attached to an aromatic ring is 1. The summed E-state index contributed by atoms with van der Waals surface area (Å²) in [6.45, 7) is 0.912. The number of aromatic amines is 1. The van der Waals surface area contributed by atoms with Crippen LogP contribution in [-0.2, 0) is 0 Å². The van der Waals surface area contributed by atoms with Gasteiger partial charge in [-0.25, -0.2) is 0 Å². The van der Waals surface area contributed by atoms with Crippen molar-refractivity contribution in [3.05, 3.63) is 16.4 Å². The number of H-pyrrole nitrogens is 1. The highest BCUT2D eigenvalue weighted by atomic mass is 32.2. The largest absolute Gasteiger partial charge is 0.395 e. The molecule has 0 unspecified atom stereocenters. The minimum absolute atomic E-state index is 0.137. The molecule has 0 spiro atoms. The highest BCUT2D eigenvalue weighted by Crippen LogP contribution is 2.49. The average Bonchev–Trinajstić information content (AvgIpc) is 2.86. The number of anilines is 1. The Kier molecular flexibility index (Phi) is 3.40. The van der Waals surface area contributed by atoms with Gasteiger partial charge in [-0.1, -0.05) is 0 Å². The fourth-order valence-corrected chi connectivity index (χ4v) is 4.11. The zero-order valence-electron chi connectivity index (χ0n) is 11.4. The number of imidazole rings is 1. The molecule has 0 aromatic carbocycles. The molecule has 4 atom stereocenters. The van der Waals surface area contributed by atoms with E-state index >= 15 is 0 Å². The maximum atomic E-state index is 14.2. The van der Waals surface area contributed by atoms with Gasteiger partial charge in [-0.3, -0.25) is 14.3 Å². The first-order chi connectivity index (χ1) is 10.3.